The first-order valence-electron chi connectivity index (χ1n) is 8.81. The number of aromatic nitrogens is 2. The molecule has 27 heavy (non-hydrogen) atoms. The Morgan fingerprint density at radius 2 is 1.93 bits per heavy atom. The Morgan fingerprint density at radius 3 is 2.74 bits per heavy atom. The van der Waals surface area contributed by atoms with Gasteiger partial charge in [0.25, 0.3) is 5.91 Å². The fraction of sp³-hybridized carbons (Fsp3) is 0.190. The lowest BCUT2D eigenvalue weighted by Crippen LogP contribution is -2.15. The van der Waals surface area contributed by atoms with Crippen molar-refractivity contribution in [2.75, 3.05) is 24.3 Å². The van der Waals surface area contributed by atoms with Crippen molar-refractivity contribution in [2.45, 2.75) is 12.8 Å². The number of hydrogen-bond donors (Lipinski definition) is 2. The van der Waals surface area contributed by atoms with Crippen LogP contribution in [-0.2, 0) is 6.42 Å². The van der Waals surface area contributed by atoms with E-state index >= 15 is 0 Å². The molecule has 0 saturated carbocycles. The van der Waals surface area contributed by atoms with Crippen LogP contribution in [0.15, 0.2) is 66.9 Å². The Balaban J connectivity index is 1.53. The third-order valence-corrected chi connectivity index (χ3v) is 3.98. The minimum absolute atomic E-state index is 0.294. The molecule has 0 radical (unpaired) electrons. The SMILES string of the molecule is COc1cccc(NC(=O)c2ccnc(NCCCc3ccccc3)n2)c1. The van der Waals surface area contributed by atoms with Gasteiger partial charge in [0.15, 0.2) is 0 Å². The molecule has 0 aliphatic heterocycles. The smallest absolute Gasteiger partial charge is 0.274 e. The van der Waals surface area contributed by atoms with Crippen LogP contribution >= 0.6 is 0 Å². The second kappa shape index (κ2) is 9.33. The number of nitrogens with zero attached hydrogens (tertiary/aromatic N) is 2. The topological polar surface area (TPSA) is 76.1 Å². The van der Waals surface area contributed by atoms with Gasteiger partial charge in [-0.2, -0.15) is 0 Å². The van der Waals surface area contributed by atoms with Gasteiger partial charge >= 0.3 is 0 Å². The molecule has 0 unspecified atom stereocenters. The first kappa shape index (κ1) is 18.4. The summed E-state index contributed by atoms with van der Waals surface area (Å²) < 4.78 is 5.16. The van der Waals surface area contributed by atoms with Gasteiger partial charge in [-0.3, -0.25) is 4.79 Å². The van der Waals surface area contributed by atoms with Crippen LogP contribution in [0.5, 0.6) is 5.75 Å². The van der Waals surface area contributed by atoms with E-state index in [9.17, 15) is 4.79 Å². The molecule has 2 aromatic carbocycles. The Morgan fingerprint density at radius 1 is 1.07 bits per heavy atom. The van der Waals surface area contributed by atoms with Gasteiger partial charge in [0.2, 0.25) is 5.95 Å². The van der Waals surface area contributed by atoms with E-state index in [0.29, 0.717) is 23.1 Å². The van der Waals surface area contributed by atoms with Crippen molar-refractivity contribution < 1.29 is 9.53 Å². The summed E-state index contributed by atoms with van der Waals surface area (Å²) in [5, 5.41) is 5.98. The van der Waals surface area contributed by atoms with E-state index in [-0.39, 0.29) is 5.91 Å². The largest absolute Gasteiger partial charge is 0.497 e. The molecule has 2 N–H and O–H groups in total. The van der Waals surface area contributed by atoms with Gasteiger partial charge in [0.1, 0.15) is 11.4 Å². The van der Waals surface area contributed by atoms with E-state index in [4.69, 9.17) is 4.74 Å². The lowest BCUT2D eigenvalue weighted by atomic mass is 10.1. The predicted octanol–water partition coefficient (Wildman–Crippen LogP) is 3.78. The Labute approximate surface area is 158 Å². The Bertz CT molecular complexity index is 884. The number of anilines is 2. The van der Waals surface area contributed by atoms with Crippen molar-refractivity contribution in [1.82, 2.24) is 9.97 Å². The van der Waals surface area contributed by atoms with E-state index in [2.05, 4.69) is 32.7 Å². The molecule has 1 aromatic heterocycles. The number of benzene rings is 2. The number of ether oxygens (including phenoxy) is 1. The van der Waals surface area contributed by atoms with E-state index in [1.807, 2.05) is 30.3 Å². The molecule has 0 bridgehead atoms. The molecule has 1 amide bonds. The lowest BCUT2D eigenvalue weighted by Gasteiger charge is -2.08. The van der Waals surface area contributed by atoms with Gasteiger partial charge in [-0.05, 0) is 36.6 Å². The van der Waals surface area contributed by atoms with E-state index < -0.39 is 0 Å². The first-order valence-corrected chi connectivity index (χ1v) is 8.81. The van der Waals surface area contributed by atoms with Crippen LogP contribution in [0.3, 0.4) is 0 Å². The zero-order chi connectivity index (χ0) is 18.9. The summed E-state index contributed by atoms with van der Waals surface area (Å²) in [6.07, 6.45) is 3.50. The summed E-state index contributed by atoms with van der Waals surface area (Å²) in [7, 11) is 1.58. The molecule has 0 fully saturated rings. The minimum Gasteiger partial charge on any atom is -0.497 e. The van der Waals surface area contributed by atoms with Crippen molar-refractivity contribution in [3.8, 4) is 5.75 Å². The molecule has 0 aliphatic carbocycles. The Hall–Kier alpha value is -3.41. The maximum atomic E-state index is 12.4. The minimum atomic E-state index is -0.294. The monoisotopic (exact) mass is 362 g/mol. The summed E-state index contributed by atoms with van der Waals surface area (Å²) in [6.45, 7) is 0.732. The van der Waals surface area contributed by atoms with E-state index in [1.165, 1.54) is 5.56 Å². The van der Waals surface area contributed by atoms with Crippen molar-refractivity contribution in [2.24, 2.45) is 0 Å². The normalized spacial score (nSPS) is 10.3. The number of hydrogen-bond acceptors (Lipinski definition) is 5. The number of carbonyl (C=O) groups is 1. The molecular weight excluding hydrogens is 340 g/mol. The summed E-state index contributed by atoms with van der Waals surface area (Å²) in [4.78, 5) is 20.9. The van der Waals surface area contributed by atoms with Crippen molar-refractivity contribution >= 4 is 17.5 Å². The molecule has 3 rings (SSSR count). The molecule has 0 saturated heterocycles. The van der Waals surface area contributed by atoms with Crippen LogP contribution in [0.1, 0.15) is 22.5 Å². The predicted molar refractivity (Wildman–Crippen MR) is 106 cm³/mol. The number of rotatable bonds is 8. The highest BCUT2D eigenvalue weighted by molar-refractivity contribution is 6.03. The molecule has 1 heterocycles. The molecule has 138 valence electrons. The fourth-order valence-electron chi connectivity index (χ4n) is 2.60. The van der Waals surface area contributed by atoms with E-state index in [0.717, 1.165) is 19.4 Å². The lowest BCUT2D eigenvalue weighted by molar-refractivity contribution is 0.102. The summed E-state index contributed by atoms with van der Waals surface area (Å²) in [6, 6.07) is 19.1. The molecule has 6 nitrogen and oxygen atoms in total. The van der Waals surface area contributed by atoms with Crippen molar-refractivity contribution in [1.29, 1.82) is 0 Å². The maximum Gasteiger partial charge on any atom is 0.274 e. The van der Waals surface area contributed by atoms with Crippen LogP contribution in [0.25, 0.3) is 0 Å². The van der Waals surface area contributed by atoms with Crippen LogP contribution in [0, 0.1) is 0 Å². The van der Waals surface area contributed by atoms with Crippen molar-refractivity contribution in [3.63, 3.8) is 0 Å². The summed E-state index contributed by atoms with van der Waals surface area (Å²) in [5.41, 5.74) is 2.25. The van der Waals surface area contributed by atoms with Gasteiger partial charge in [-0.1, -0.05) is 36.4 Å². The number of carbonyl (C=O) groups excluding carboxylic acids is 1. The van der Waals surface area contributed by atoms with Crippen molar-refractivity contribution in [3.05, 3.63) is 78.1 Å². The third kappa shape index (κ3) is 5.54. The third-order valence-electron chi connectivity index (χ3n) is 3.98. The molecule has 6 heteroatoms. The zero-order valence-corrected chi connectivity index (χ0v) is 15.2. The van der Waals surface area contributed by atoms with Gasteiger partial charge in [-0.25, -0.2) is 9.97 Å². The van der Waals surface area contributed by atoms with Gasteiger partial charge in [0.05, 0.1) is 7.11 Å². The number of amides is 1. The number of nitrogens with one attached hydrogen (secondary N) is 2. The van der Waals surface area contributed by atoms with Crippen LogP contribution in [-0.4, -0.2) is 29.5 Å². The second-order valence-corrected chi connectivity index (χ2v) is 5.97. The highest BCUT2D eigenvalue weighted by atomic mass is 16.5. The maximum absolute atomic E-state index is 12.4. The molecule has 0 spiro atoms. The average molecular weight is 362 g/mol. The highest BCUT2D eigenvalue weighted by Gasteiger charge is 2.09. The molecule has 0 atom stereocenters. The van der Waals surface area contributed by atoms with E-state index in [1.54, 1.807) is 31.5 Å². The second-order valence-electron chi connectivity index (χ2n) is 5.97. The number of methoxy groups -OCH3 is 1. The van der Waals surface area contributed by atoms with Crippen LogP contribution in [0.4, 0.5) is 11.6 Å². The zero-order valence-electron chi connectivity index (χ0n) is 15.2. The average Bonchev–Trinajstić information content (AvgIpc) is 2.72. The van der Waals surface area contributed by atoms with Crippen LogP contribution < -0.4 is 15.4 Å². The van der Waals surface area contributed by atoms with Gasteiger partial charge < -0.3 is 15.4 Å². The summed E-state index contributed by atoms with van der Waals surface area (Å²) >= 11 is 0. The number of aryl methyl sites for hydroxylation is 1. The van der Waals surface area contributed by atoms with Gasteiger partial charge in [-0.15, -0.1) is 0 Å². The molecular formula is C21H22N4O2. The molecule has 0 aliphatic rings. The quantitative estimate of drug-likeness (QED) is 0.597. The van der Waals surface area contributed by atoms with Gasteiger partial charge in [0, 0.05) is 24.5 Å². The standard InChI is InChI=1S/C21H22N4O2/c1-27-18-11-5-10-17(15-18)24-20(26)19-12-14-23-21(25-19)22-13-6-9-16-7-3-2-4-8-16/h2-5,7-8,10-12,14-15H,6,9,13H2,1H3,(H,24,26)(H,22,23,25). The first-order chi connectivity index (χ1) is 13.2. The molecule has 3 aromatic rings. The van der Waals surface area contributed by atoms with Crippen LogP contribution in [0.2, 0.25) is 0 Å². The summed E-state index contributed by atoms with van der Waals surface area (Å²) in [5.74, 6) is 0.829. The fourth-order valence-corrected chi connectivity index (χ4v) is 2.60. The highest BCUT2D eigenvalue weighted by Crippen LogP contribution is 2.17. The Kier molecular flexibility index (Phi) is 6.35.